The Morgan fingerprint density at radius 2 is 2.35 bits per heavy atom. The van der Waals surface area contributed by atoms with Gasteiger partial charge in [0.1, 0.15) is 0 Å². The molecular formula is C16H24N2OS. The Kier molecular flexibility index (Phi) is 6.37. The summed E-state index contributed by atoms with van der Waals surface area (Å²) in [6.45, 7) is 2.21. The Morgan fingerprint density at radius 1 is 1.45 bits per heavy atom. The number of thioether (sulfide) groups is 1. The molecule has 1 heterocycles. The van der Waals surface area contributed by atoms with Crippen molar-refractivity contribution in [3.8, 4) is 0 Å². The summed E-state index contributed by atoms with van der Waals surface area (Å²) >= 11 is 2.03. The van der Waals surface area contributed by atoms with Crippen LogP contribution in [0.15, 0.2) is 24.4 Å². The van der Waals surface area contributed by atoms with Crippen LogP contribution in [0, 0.1) is 0 Å². The van der Waals surface area contributed by atoms with Crippen molar-refractivity contribution in [2.75, 3.05) is 5.75 Å². The number of carbonyl (C=O) groups is 1. The molecule has 1 amide bonds. The van der Waals surface area contributed by atoms with Crippen LogP contribution in [-0.4, -0.2) is 27.9 Å². The molecule has 0 unspecified atom stereocenters. The average molecular weight is 292 g/mol. The van der Waals surface area contributed by atoms with E-state index in [1.165, 1.54) is 18.6 Å². The molecule has 1 aromatic rings. The van der Waals surface area contributed by atoms with Crippen molar-refractivity contribution >= 4 is 17.7 Å². The third-order valence-electron chi connectivity index (χ3n) is 3.73. The van der Waals surface area contributed by atoms with Gasteiger partial charge in [-0.25, -0.2) is 0 Å². The zero-order chi connectivity index (χ0) is 14.2. The number of nitrogens with one attached hydrogen (secondary N) is 1. The van der Waals surface area contributed by atoms with E-state index in [0.717, 1.165) is 30.2 Å². The second-order valence-corrected chi connectivity index (χ2v) is 6.91. The van der Waals surface area contributed by atoms with Gasteiger partial charge in [-0.2, -0.15) is 11.8 Å². The van der Waals surface area contributed by atoms with Gasteiger partial charge in [-0.05, 0) is 43.6 Å². The number of aryl methyl sites for hydroxylation is 1. The van der Waals surface area contributed by atoms with Crippen LogP contribution in [0.1, 0.15) is 44.7 Å². The summed E-state index contributed by atoms with van der Waals surface area (Å²) in [5.41, 5.74) is 0.991. The largest absolute Gasteiger partial charge is 0.353 e. The van der Waals surface area contributed by atoms with E-state index < -0.39 is 0 Å². The Morgan fingerprint density at radius 3 is 3.10 bits per heavy atom. The molecule has 1 fully saturated rings. The van der Waals surface area contributed by atoms with Crippen molar-refractivity contribution in [1.29, 1.82) is 0 Å². The van der Waals surface area contributed by atoms with Crippen LogP contribution in [0.3, 0.4) is 0 Å². The Bertz CT molecular complexity index is 408. The summed E-state index contributed by atoms with van der Waals surface area (Å²) in [5, 5.41) is 3.93. The fourth-order valence-corrected chi connectivity index (χ4v) is 3.92. The molecule has 3 nitrogen and oxygen atoms in total. The van der Waals surface area contributed by atoms with Gasteiger partial charge < -0.3 is 5.32 Å². The normalized spacial score (nSPS) is 22.4. The van der Waals surface area contributed by atoms with Gasteiger partial charge in [0, 0.05) is 29.6 Å². The van der Waals surface area contributed by atoms with Gasteiger partial charge in [-0.3, -0.25) is 9.78 Å². The maximum atomic E-state index is 12.0. The number of hydrogen-bond acceptors (Lipinski definition) is 3. The van der Waals surface area contributed by atoms with Crippen molar-refractivity contribution in [3.63, 3.8) is 0 Å². The second-order valence-electron chi connectivity index (χ2n) is 5.33. The highest BCUT2D eigenvalue weighted by atomic mass is 32.2. The Hall–Kier alpha value is -1.03. The van der Waals surface area contributed by atoms with E-state index in [-0.39, 0.29) is 5.91 Å². The van der Waals surface area contributed by atoms with Crippen molar-refractivity contribution < 1.29 is 4.79 Å². The molecule has 1 saturated carbocycles. The van der Waals surface area contributed by atoms with Gasteiger partial charge in [0.15, 0.2) is 0 Å². The van der Waals surface area contributed by atoms with E-state index in [9.17, 15) is 4.79 Å². The molecule has 2 atom stereocenters. The number of pyridine rings is 1. The summed E-state index contributed by atoms with van der Waals surface area (Å²) in [5.74, 6) is 1.34. The van der Waals surface area contributed by atoms with Crippen LogP contribution in [0.5, 0.6) is 0 Å². The highest BCUT2D eigenvalue weighted by molar-refractivity contribution is 7.99. The second kappa shape index (κ2) is 8.30. The third kappa shape index (κ3) is 5.16. The van der Waals surface area contributed by atoms with Crippen molar-refractivity contribution in [3.05, 3.63) is 30.1 Å². The summed E-state index contributed by atoms with van der Waals surface area (Å²) in [7, 11) is 0. The molecule has 1 N–H and O–H groups in total. The standard InChI is InChI=1S/C16H24N2OS/c1-2-20-15-8-5-7-14(12-15)18-16(19)10-9-13-6-3-4-11-17-13/h3-4,6,11,14-15H,2,5,7-10,12H2,1H3,(H,18,19)/t14-,15+/m0/s1. The Labute approximate surface area is 125 Å². The van der Waals surface area contributed by atoms with Gasteiger partial charge in [-0.1, -0.05) is 19.4 Å². The maximum Gasteiger partial charge on any atom is 0.220 e. The summed E-state index contributed by atoms with van der Waals surface area (Å²) in [6, 6.07) is 6.22. The molecule has 0 aromatic carbocycles. The number of rotatable bonds is 6. The molecule has 110 valence electrons. The molecule has 0 bridgehead atoms. The first kappa shape index (κ1) is 15.4. The topological polar surface area (TPSA) is 42.0 Å². The number of hydrogen-bond donors (Lipinski definition) is 1. The lowest BCUT2D eigenvalue weighted by atomic mass is 9.95. The average Bonchev–Trinajstić information content (AvgIpc) is 2.47. The Balaban J connectivity index is 1.71. The van der Waals surface area contributed by atoms with E-state index in [2.05, 4.69) is 17.2 Å². The van der Waals surface area contributed by atoms with Gasteiger partial charge in [0.2, 0.25) is 5.91 Å². The van der Waals surface area contributed by atoms with Gasteiger partial charge >= 0.3 is 0 Å². The van der Waals surface area contributed by atoms with Crippen LogP contribution in [0.25, 0.3) is 0 Å². The fourth-order valence-electron chi connectivity index (χ4n) is 2.75. The molecule has 1 aliphatic rings. The molecular weight excluding hydrogens is 268 g/mol. The van der Waals surface area contributed by atoms with Crippen LogP contribution in [-0.2, 0) is 11.2 Å². The molecule has 0 saturated heterocycles. The van der Waals surface area contributed by atoms with E-state index in [4.69, 9.17) is 0 Å². The third-order valence-corrected chi connectivity index (χ3v) is 4.96. The minimum atomic E-state index is 0.169. The van der Waals surface area contributed by atoms with Crippen molar-refractivity contribution in [1.82, 2.24) is 10.3 Å². The summed E-state index contributed by atoms with van der Waals surface area (Å²) in [6.07, 6.45) is 7.86. The quantitative estimate of drug-likeness (QED) is 0.875. The number of amides is 1. The lowest BCUT2D eigenvalue weighted by Gasteiger charge is -2.29. The molecule has 1 aromatic heterocycles. The molecule has 20 heavy (non-hydrogen) atoms. The van der Waals surface area contributed by atoms with E-state index >= 15 is 0 Å². The lowest BCUT2D eigenvalue weighted by molar-refractivity contribution is -0.121. The van der Waals surface area contributed by atoms with E-state index in [1.807, 2.05) is 30.0 Å². The number of carbonyl (C=O) groups excluding carboxylic acids is 1. The zero-order valence-electron chi connectivity index (χ0n) is 12.2. The molecule has 0 radical (unpaired) electrons. The molecule has 0 aliphatic heterocycles. The SMILES string of the molecule is CCS[C@@H]1CCC[C@H](NC(=O)CCc2ccccn2)C1. The lowest BCUT2D eigenvalue weighted by Crippen LogP contribution is -2.39. The first-order valence-electron chi connectivity index (χ1n) is 7.58. The molecule has 0 spiro atoms. The van der Waals surface area contributed by atoms with Gasteiger partial charge in [-0.15, -0.1) is 0 Å². The van der Waals surface area contributed by atoms with Crippen molar-refractivity contribution in [2.45, 2.75) is 56.7 Å². The predicted molar refractivity (Wildman–Crippen MR) is 84.9 cm³/mol. The first-order chi connectivity index (χ1) is 9.78. The van der Waals surface area contributed by atoms with Crippen molar-refractivity contribution in [2.24, 2.45) is 0 Å². The number of nitrogens with zero attached hydrogens (tertiary/aromatic N) is 1. The highest BCUT2D eigenvalue weighted by Gasteiger charge is 2.22. The fraction of sp³-hybridized carbons (Fsp3) is 0.625. The smallest absolute Gasteiger partial charge is 0.220 e. The van der Waals surface area contributed by atoms with E-state index in [1.54, 1.807) is 6.20 Å². The minimum absolute atomic E-state index is 0.169. The number of aromatic nitrogens is 1. The monoisotopic (exact) mass is 292 g/mol. The van der Waals surface area contributed by atoms with Gasteiger partial charge in [0.25, 0.3) is 0 Å². The van der Waals surface area contributed by atoms with Crippen LogP contribution < -0.4 is 5.32 Å². The highest BCUT2D eigenvalue weighted by Crippen LogP contribution is 2.28. The van der Waals surface area contributed by atoms with Crippen LogP contribution >= 0.6 is 11.8 Å². The minimum Gasteiger partial charge on any atom is -0.353 e. The molecule has 1 aliphatic carbocycles. The zero-order valence-corrected chi connectivity index (χ0v) is 13.0. The summed E-state index contributed by atoms with van der Waals surface area (Å²) in [4.78, 5) is 16.3. The molecule has 2 rings (SSSR count). The predicted octanol–water partition coefficient (Wildman–Crippen LogP) is 3.19. The van der Waals surface area contributed by atoms with Crippen LogP contribution in [0.2, 0.25) is 0 Å². The van der Waals surface area contributed by atoms with Gasteiger partial charge in [0.05, 0.1) is 0 Å². The molecule has 4 heteroatoms. The van der Waals surface area contributed by atoms with E-state index in [0.29, 0.717) is 12.5 Å². The maximum absolute atomic E-state index is 12.0. The summed E-state index contributed by atoms with van der Waals surface area (Å²) < 4.78 is 0. The first-order valence-corrected chi connectivity index (χ1v) is 8.63. The van der Waals surface area contributed by atoms with Crippen LogP contribution in [0.4, 0.5) is 0 Å².